The first-order valence-electron chi connectivity index (χ1n) is 6.81. The lowest BCUT2D eigenvalue weighted by atomic mass is 10.3. The van der Waals surface area contributed by atoms with Crippen molar-refractivity contribution in [2.75, 3.05) is 37.6 Å². The van der Waals surface area contributed by atoms with Gasteiger partial charge in [0.2, 0.25) is 5.95 Å². The summed E-state index contributed by atoms with van der Waals surface area (Å²) in [6, 6.07) is 4.96. The van der Waals surface area contributed by atoms with Crippen LogP contribution in [0.5, 0.6) is 0 Å². The molecule has 0 bridgehead atoms. The molecule has 102 valence electrons. The number of nitrogens with zero attached hydrogens (tertiary/aromatic N) is 3. The Morgan fingerprint density at radius 2 is 1.78 bits per heavy atom. The van der Waals surface area contributed by atoms with Gasteiger partial charge in [-0.1, -0.05) is 19.9 Å². The van der Waals surface area contributed by atoms with E-state index >= 15 is 0 Å². The summed E-state index contributed by atoms with van der Waals surface area (Å²) in [6.45, 7) is 11.5. The van der Waals surface area contributed by atoms with Gasteiger partial charge >= 0.3 is 0 Å². The van der Waals surface area contributed by atoms with Crippen molar-refractivity contribution in [1.82, 2.24) is 9.88 Å². The summed E-state index contributed by atoms with van der Waals surface area (Å²) in [5.41, 5.74) is 0. The van der Waals surface area contributed by atoms with Crippen LogP contribution in [0, 0.1) is 5.95 Å². The van der Waals surface area contributed by atoms with Gasteiger partial charge in [0.1, 0.15) is 5.82 Å². The average Bonchev–Trinajstić information content (AvgIpc) is 2.39. The summed E-state index contributed by atoms with van der Waals surface area (Å²) in [6.07, 6.45) is 1.08. The van der Waals surface area contributed by atoms with Crippen LogP contribution in [0.2, 0.25) is 0 Å². The van der Waals surface area contributed by atoms with Crippen LogP contribution >= 0.6 is 0 Å². The molecular weight excluding hydrogens is 229 g/mol. The molecule has 0 amide bonds. The molecule has 0 radical (unpaired) electrons. The molecule has 0 spiro atoms. The van der Waals surface area contributed by atoms with Gasteiger partial charge in [-0.05, 0) is 45.1 Å². The molecule has 1 rings (SSSR count). The van der Waals surface area contributed by atoms with Crippen molar-refractivity contribution in [1.29, 1.82) is 0 Å². The maximum Gasteiger partial charge on any atom is 0.214 e. The van der Waals surface area contributed by atoms with Crippen molar-refractivity contribution >= 4 is 5.82 Å². The molecule has 0 saturated carbocycles. The molecular formula is C14H24FN3. The van der Waals surface area contributed by atoms with Gasteiger partial charge in [0.05, 0.1) is 0 Å². The Balaban J connectivity index is 2.47. The third-order valence-electron chi connectivity index (χ3n) is 3.20. The van der Waals surface area contributed by atoms with E-state index in [1.807, 2.05) is 6.07 Å². The third-order valence-corrected chi connectivity index (χ3v) is 3.20. The molecule has 1 heterocycles. The first-order chi connectivity index (χ1) is 8.71. The molecule has 1 aromatic rings. The minimum absolute atomic E-state index is 0.408. The zero-order valence-electron chi connectivity index (χ0n) is 11.7. The van der Waals surface area contributed by atoms with E-state index in [0.717, 1.165) is 45.0 Å². The Hall–Kier alpha value is -1.16. The first kappa shape index (κ1) is 14.9. The molecule has 3 nitrogen and oxygen atoms in total. The smallest absolute Gasteiger partial charge is 0.214 e. The maximum atomic E-state index is 13.1. The van der Waals surface area contributed by atoms with Gasteiger partial charge in [0, 0.05) is 13.1 Å². The van der Waals surface area contributed by atoms with Gasteiger partial charge in [-0.2, -0.15) is 4.39 Å². The van der Waals surface area contributed by atoms with Crippen molar-refractivity contribution in [3.63, 3.8) is 0 Å². The highest BCUT2D eigenvalue weighted by atomic mass is 19.1. The molecule has 0 aromatic carbocycles. The lowest BCUT2D eigenvalue weighted by molar-refractivity contribution is 0.300. The highest BCUT2D eigenvalue weighted by molar-refractivity contribution is 5.37. The summed E-state index contributed by atoms with van der Waals surface area (Å²) in [5, 5.41) is 0. The van der Waals surface area contributed by atoms with E-state index in [1.54, 1.807) is 6.07 Å². The second kappa shape index (κ2) is 8.03. The molecule has 18 heavy (non-hydrogen) atoms. The average molecular weight is 253 g/mol. The molecule has 1 aromatic heterocycles. The van der Waals surface area contributed by atoms with Gasteiger partial charge in [0.15, 0.2) is 0 Å². The Morgan fingerprint density at radius 3 is 2.33 bits per heavy atom. The minimum Gasteiger partial charge on any atom is -0.357 e. The van der Waals surface area contributed by atoms with Crippen molar-refractivity contribution in [3.05, 3.63) is 24.1 Å². The number of hydrogen-bond acceptors (Lipinski definition) is 3. The van der Waals surface area contributed by atoms with Crippen LogP contribution in [0.3, 0.4) is 0 Å². The standard InChI is InChI=1S/C14H24FN3/c1-4-17(5-2)11-8-12-18(6-3)14-10-7-9-13(15)16-14/h7,9-10H,4-6,8,11-12H2,1-3H3. The number of hydrogen-bond donors (Lipinski definition) is 0. The van der Waals surface area contributed by atoms with Crippen LogP contribution in [0.25, 0.3) is 0 Å². The lowest BCUT2D eigenvalue weighted by Crippen LogP contribution is -2.30. The van der Waals surface area contributed by atoms with Crippen LogP contribution in [-0.4, -0.2) is 42.6 Å². The van der Waals surface area contributed by atoms with E-state index in [4.69, 9.17) is 0 Å². The summed E-state index contributed by atoms with van der Waals surface area (Å²) in [7, 11) is 0. The fourth-order valence-corrected chi connectivity index (χ4v) is 2.03. The molecule has 0 N–H and O–H groups in total. The predicted molar refractivity (Wildman–Crippen MR) is 74.5 cm³/mol. The van der Waals surface area contributed by atoms with Crippen LogP contribution < -0.4 is 4.90 Å². The Labute approximate surface area is 110 Å². The topological polar surface area (TPSA) is 19.4 Å². The largest absolute Gasteiger partial charge is 0.357 e. The van der Waals surface area contributed by atoms with Crippen molar-refractivity contribution in [3.8, 4) is 0 Å². The van der Waals surface area contributed by atoms with Crippen LogP contribution in [0.1, 0.15) is 27.2 Å². The predicted octanol–water partition coefficient (Wildman–Crippen LogP) is 2.78. The Bertz CT molecular complexity index is 340. The molecule has 4 heteroatoms. The zero-order valence-corrected chi connectivity index (χ0v) is 11.7. The minimum atomic E-state index is -0.408. The van der Waals surface area contributed by atoms with E-state index in [1.165, 1.54) is 6.07 Å². The molecule has 0 aliphatic heterocycles. The van der Waals surface area contributed by atoms with Gasteiger partial charge in [-0.15, -0.1) is 0 Å². The number of anilines is 1. The molecule has 0 fully saturated rings. The van der Waals surface area contributed by atoms with E-state index < -0.39 is 5.95 Å². The fraction of sp³-hybridized carbons (Fsp3) is 0.643. The third kappa shape index (κ3) is 4.61. The quantitative estimate of drug-likeness (QED) is 0.664. The van der Waals surface area contributed by atoms with Gasteiger partial charge < -0.3 is 9.80 Å². The monoisotopic (exact) mass is 253 g/mol. The molecule has 0 saturated heterocycles. The highest BCUT2D eigenvalue weighted by Gasteiger charge is 2.07. The van der Waals surface area contributed by atoms with Gasteiger partial charge in [-0.25, -0.2) is 4.98 Å². The van der Waals surface area contributed by atoms with Crippen molar-refractivity contribution in [2.45, 2.75) is 27.2 Å². The molecule has 0 atom stereocenters. The summed E-state index contributed by atoms with van der Waals surface area (Å²) in [5.74, 6) is 0.326. The number of pyridine rings is 1. The fourth-order valence-electron chi connectivity index (χ4n) is 2.03. The van der Waals surface area contributed by atoms with Gasteiger partial charge in [-0.3, -0.25) is 0 Å². The molecule has 0 unspecified atom stereocenters. The Kier molecular flexibility index (Phi) is 6.65. The number of aromatic nitrogens is 1. The summed E-state index contributed by atoms with van der Waals surface area (Å²) >= 11 is 0. The first-order valence-corrected chi connectivity index (χ1v) is 6.81. The maximum absolute atomic E-state index is 13.1. The van der Waals surface area contributed by atoms with Crippen LogP contribution in [0.4, 0.5) is 10.2 Å². The second-order valence-corrected chi connectivity index (χ2v) is 4.28. The highest BCUT2D eigenvalue weighted by Crippen LogP contribution is 2.11. The number of rotatable bonds is 8. The molecule has 0 aliphatic rings. The normalized spacial score (nSPS) is 10.9. The van der Waals surface area contributed by atoms with E-state index in [9.17, 15) is 4.39 Å². The van der Waals surface area contributed by atoms with Gasteiger partial charge in [0.25, 0.3) is 0 Å². The second-order valence-electron chi connectivity index (χ2n) is 4.28. The van der Waals surface area contributed by atoms with Crippen LogP contribution in [-0.2, 0) is 0 Å². The molecule has 0 aliphatic carbocycles. The summed E-state index contributed by atoms with van der Waals surface area (Å²) < 4.78 is 13.1. The van der Waals surface area contributed by atoms with E-state index in [2.05, 4.69) is 35.6 Å². The van der Waals surface area contributed by atoms with Crippen molar-refractivity contribution < 1.29 is 4.39 Å². The zero-order chi connectivity index (χ0) is 13.4. The van der Waals surface area contributed by atoms with Crippen LogP contribution in [0.15, 0.2) is 18.2 Å². The lowest BCUT2D eigenvalue weighted by Gasteiger charge is -2.24. The SMILES string of the molecule is CCN(CC)CCCN(CC)c1cccc(F)n1. The number of halogens is 1. The van der Waals surface area contributed by atoms with E-state index in [-0.39, 0.29) is 0 Å². The van der Waals surface area contributed by atoms with E-state index in [0.29, 0.717) is 0 Å². The van der Waals surface area contributed by atoms with Crippen molar-refractivity contribution in [2.24, 2.45) is 0 Å². The summed E-state index contributed by atoms with van der Waals surface area (Å²) in [4.78, 5) is 8.44. The Morgan fingerprint density at radius 1 is 1.06 bits per heavy atom.